The van der Waals surface area contributed by atoms with Crippen LogP contribution in [0.5, 0.6) is 5.75 Å². The third-order valence-electron chi connectivity index (χ3n) is 18.0. The van der Waals surface area contributed by atoms with Gasteiger partial charge in [-0.1, -0.05) is 56.2 Å². The molecule has 5 aliphatic heterocycles. The van der Waals surface area contributed by atoms with Gasteiger partial charge in [-0.05, 0) is 93.9 Å². The van der Waals surface area contributed by atoms with E-state index in [9.17, 15) is 50.8 Å². The van der Waals surface area contributed by atoms with E-state index >= 15 is 0 Å². The number of allylic oxidation sites excluding steroid dienone is 2. The van der Waals surface area contributed by atoms with Crippen LogP contribution in [0.4, 0.5) is 0 Å². The van der Waals surface area contributed by atoms with Crippen molar-refractivity contribution in [2.75, 3.05) is 19.8 Å². The molecule has 1 aromatic rings. The third kappa shape index (κ3) is 9.16. The number of aliphatic hydroxyl groups excluding tert-OH is 7. The Labute approximate surface area is 424 Å². The summed E-state index contributed by atoms with van der Waals surface area (Å²) in [5, 5.41) is 98.1. The average Bonchev–Trinajstić information content (AvgIpc) is 3.95. The Morgan fingerprint density at radius 3 is 2.14 bits per heavy atom. The van der Waals surface area contributed by atoms with E-state index in [0.717, 1.165) is 24.5 Å². The second kappa shape index (κ2) is 19.8. The van der Waals surface area contributed by atoms with Crippen LogP contribution in [-0.2, 0) is 52.5 Å². The topological polar surface area (TPSA) is 291 Å². The minimum absolute atomic E-state index is 0.0223. The molecule has 8 fully saturated rings. The number of carbonyl (C=O) groups excluding carboxylic acids is 1. The summed E-state index contributed by atoms with van der Waals surface area (Å²) in [6, 6.07) is 5.95. The minimum Gasteiger partial charge on any atom is -0.508 e. The van der Waals surface area contributed by atoms with Crippen molar-refractivity contribution in [1.82, 2.24) is 0 Å². The number of aromatic hydroxyl groups is 1. The van der Waals surface area contributed by atoms with Crippen LogP contribution in [0.2, 0.25) is 0 Å². The molecule has 3 saturated carbocycles. The molecule has 9 N–H and O–H groups in total. The van der Waals surface area contributed by atoms with E-state index in [1.807, 2.05) is 20.8 Å². The van der Waals surface area contributed by atoms with Gasteiger partial charge in [0.1, 0.15) is 66.3 Å². The number of benzene rings is 1. The average molecular weight is 1030 g/mol. The Kier molecular flexibility index (Phi) is 14.5. The molecule has 10 rings (SSSR count). The van der Waals surface area contributed by atoms with E-state index in [1.54, 1.807) is 12.1 Å². The largest absolute Gasteiger partial charge is 0.508 e. The molecular formula is C53H74O20. The Morgan fingerprint density at radius 2 is 1.45 bits per heavy atom. The van der Waals surface area contributed by atoms with Crippen molar-refractivity contribution in [2.45, 2.75) is 196 Å². The maximum atomic E-state index is 13.1. The lowest BCUT2D eigenvalue weighted by atomic mass is 9.45. The maximum absolute atomic E-state index is 13.1. The second-order valence-corrected chi connectivity index (χ2v) is 23.3. The van der Waals surface area contributed by atoms with Crippen molar-refractivity contribution < 1.29 is 98.4 Å². The molecule has 73 heavy (non-hydrogen) atoms. The molecule has 1 aromatic carbocycles. The van der Waals surface area contributed by atoms with E-state index in [-0.39, 0.29) is 47.5 Å². The van der Waals surface area contributed by atoms with Crippen LogP contribution < -0.4 is 0 Å². The van der Waals surface area contributed by atoms with Gasteiger partial charge in [-0.25, -0.2) is 9.68 Å². The molecule has 406 valence electrons. The van der Waals surface area contributed by atoms with Crippen molar-refractivity contribution in [1.29, 1.82) is 0 Å². The Balaban J connectivity index is 0.895. The Hall–Kier alpha value is -2.97. The molecule has 4 aliphatic carbocycles. The zero-order chi connectivity index (χ0) is 52.2. The summed E-state index contributed by atoms with van der Waals surface area (Å²) < 4.78 is 49.7. The highest BCUT2D eigenvalue weighted by molar-refractivity contribution is 5.87. The first-order valence-corrected chi connectivity index (χ1v) is 25.9. The van der Waals surface area contributed by atoms with Crippen LogP contribution in [0, 0.1) is 34.5 Å². The lowest BCUT2D eigenvalue weighted by molar-refractivity contribution is -0.486. The molecule has 0 aromatic heterocycles. The highest BCUT2D eigenvalue weighted by Gasteiger charge is 2.80. The number of fused-ring (bicyclic) bond motifs is 4. The Bertz CT molecular complexity index is 2270. The van der Waals surface area contributed by atoms with Crippen LogP contribution >= 0.6 is 0 Å². The van der Waals surface area contributed by atoms with E-state index in [4.69, 9.17) is 47.7 Å². The first-order valence-electron chi connectivity index (χ1n) is 25.9. The van der Waals surface area contributed by atoms with Gasteiger partial charge >= 0.3 is 5.97 Å². The fourth-order valence-corrected chi connectivity index (χ4v) is 14.8. The van der Waals surface area contributed by atoms with Gasteiger partial charge in [-0.2, -0.15) is 4.89 Å². The van der Waals surface area contributed by atoms with Crippen LogP contribution in [0.15, 0.2) is 53.6 Å². The number of phenols is 1. The fraction of sp³-hybridized carbons (Fsp3) is 0.755. The molecule has 9 unspecified atom stereocenters. The van der Waals surface area contributed by atoms with Crippen molar-refractivity contribution in [3.8, 4) is 5.75 Å². The zero-order valence-corrected chi connectivity index (χ0v) is 42.2. The number of aliphatic hydroxyl groups is 8. The molecule has 20 nitrogen and oxygen atoms in total. The van der Waals surface area contributed by atoms with Crippen LogP contribution in [0.3, 0.4) is 0 Å². The zero-order valence-electron chi connectivity index (χ0n) is 42.2. The summed E-state index contributed by atoms with van der Waals surface area (Å²) in [6.45, 7) is 10.7. The van der Waals surface area contributed by atoms with Gasteiger partial charge in [-0.3, -0.25) is 0 Å². The summed E-state index contributed by atoms with van der Waals surface area (Å²) >= 11 is 0. The highest BCUT2D eigenvalue weighted by atomic mass is 17.3. The molecule has 0 radical (unpaired) electrons. The van der Waals surface area contributed by atoms with Crippen LogP contribution in [0.25, 0.3) is 6.08 Å². The minimum atomic E-state index is -1.90. The predicted octanol–water partition coefficient (Wildman–Crippen LogP) is 1.79. The van der Waals surface area contributed by atoms with Gasteiger partial charge in [0.2, 0.25) is 5.79 Å². The molecule has 20 heteroatoms. The summed E-state index contributed by atoms with van der Waals surface area (Å²) in [6.07, 6.45) is -9.77. The first kappa shape index (κ1) is 53.4. The van der Waals surface area contributed by atoms with Gasteiger partial charge < -0.3 is 83.9 Å². The lowest BCUT2D eigenvalue weighted by Crippen LogP contribution is -2.65. The van der Waals surface area contributed by atoms with Gasteiger partial charge in [0.25, 0.3) is 0 Å². The number of phenolic OH excluding ortho intramolecular Hbond substituents is 1. The van der Waals surface area contributed by atoms with E-state index in [1.165, 1.54) is 23.8 Å². The molecule has 2 spiro atoms. The molecule has 23 atom stereocenters. The number of esters is 1. The van der Waals surface area contributed by atoms with Crippen molar-refractivity contribution in [3.05, 3.63) is 59.2 Å². The van der Waals surface area contributed by atoms with Crippen molar-refractivity contribution in [2.24, 2.45) is 34.5 Å². The predicted molar refractivity (Wildman–Crippen MR) is 252 cm³/mol. The molecule has 0 amide bonds. The second-order valence-electron chi connectivity index (χ2n) is 23.3. The number of hydrogen-bond donors (Lipinski definition) is 9. The van der Waals surface area contributed by atoms with E-state index in [0.29, 0.717) is 37.7 Å². The van der Waals surface area contributed by atoms with Crippen LogP contribution in [-0.4, -0.2) is 181 Å². The van der Waals surface area contributed by atoms with Crippen molar-refractivity contribution >= 4 is 12.0 Å². The van der Waals surface area contributed by atoms with Gasteiger partial charge in [-0.15, -0.1) is 0 Å². The SMILES string of the molecule is CC(C)=CC1CC(C)(O)C2C3CCC4C(CC=C5C(C)(C)[C@@H](O[C@@H]6OC[C@@H](O)[C@H](OC7O[C@H](CO)[C@@H](O)[C@H](OC(=O)/C=C/c8ccc(O)cc8)[C@H]7O)[C@H]6O[C@@H]6O[C@@H](CO)[C@H](O)[C@H]6O)CC[C@@]54C)C34CC2(OO4)O1. The summed E-state index contributed by atoms with van der Waals surface area (Å²) in [7, 11) is 0. The summed E-state index contributed by atoms with van der Waals surface area (Å²) in [5.74, 6) is -1.92. The standard InChI is InChI=1S/C53H74O20/c1-25(2)19-28-20-51(6,63)45-31-13-12-29-30(52(31)24-53(45,71-28)73-72-52)14-15-35-49(3,4)36(17-18-50(29,35)5)67-48-44(70-46-40(61)38(59)33(21-54)65-46)42(32(57)23-64-48)69-47-41(62)43(39(60)34(22-55)66-47)68-37(58)16-9-26-7-10-27(56)11-8-26/h7-11,15-16,19,28-34,36,38-48,54-57,59-63H,12-14,17-18,20-24H2,1-6H3/b16-9+/t28?,29?,30?,31?,32-,33+,34-,36+,38+,39-,40-,41-,42+,43+,44-,45?,46+,47?,48+,50-,51?,52?,53?/m1/s1. The highest BCUT2D eigenvalue weighted by Crippen LogP contribution is 2.73. The summed E-state index contributed by atoms with van der Waals surface area (Å²) in [5.41, 5.74) is 0.249. The quantitative estimate of drug-likeness (QED) is 0.0624. The van der Waals surface area contributed by atoms with E-state index < -0.39 is 128 Å². The molecule has 2 bridgehead atoms. The van der Waals surface area contributed by atoms with Gasteiger partial charge in [0.05, 0.1) is 43.5 Å². The molecule has 5 heterocycles. The first-order chi connectivity index (χ1) is 34.6. The molecular weight excluding hydrogens is 957 g/mol. The van der Waals surface area contributed by atoms with Gasteiger partial charge in [0.15, 0.2) is 25.0 Å². The number of ether oxygens (including phenoxy) is 8. The van der Waals surface area contributed by atoms with Gasteiger partial charge in [0, 0.05) is 30.3 Å². The third-order valence-corrected chi connectivity index (χ3v) is 18.0. The monoisotopic (exact) mass is 1030 g/mol. The van der Waals surface area contributed by atoms with E-state index in [2.05, 4.69) is 32.9 Å². The smallest absolute Gasteiger partial charge is 0.331 e. The fourth-order valence-electron chi connectivity index (χ4n) is 14.8. The molecule has 9 aliphatic rings. The number of carbonyl (C=O) groups is 1. The normalized spacial score (nSPS) is 48.8. The summed E-state index contributed by atoms with van der Waals surface area (Å²) in [4.78, 5) is 25.9. The number of rotatable bonds is 12. The Morgan fingerprint density at radius 1 is 0.781 bits per heavy atom. The van der Waals surface area contributed by atoms with Crippen molar-refractivity contribution in [3.63, 3.8) is 0 Å². The number of hydrogen-bond acceptors (Lipinski definition) is 20. The lowest BCUT2D eigenvalue weighted by Gasteiger charge is -2.62. The maximum Gasteiger partial charge on any atom is 0.331 e. The molecule has 5 saturated heterocycles. The van der Waals surface area contributed by atoms with Crippen LogP contribution in [0.1, 0.15) is 92.1 Å².